The van der Waals surface area contributed by atoms with Gasteiger partial charge < -0.3 is 4.74 Å². The van der Waals surface area contributed by atoms with Crippen molar-refractivity contribution in [3.05, 3.63) is 0 Å². The number of rotatable bonds is 5. The topological polar surface area (TPSA) is 43.4 Å². The number of Topliss-reactive ketones (excluding diaryl/α,β-unsaturated/α-hetero) is 1. The van der Waals surface area contributed by atoms with E-state index in [9.17, 15) is 9.59 Å². The smallest absolute Gasteiger partial charge is 0.316 e. The second-order valence-corrected chi connectivity index (χ2v) is 6.04. The molecule has 0 heterocycles. The predicted octanol–water partition coefficient (Wildman–Crippen LogP) is 2.43. The Morgan fingerprint density at radius 2 is 1.87 bits per heavy atom. The molecule has 0 aromatic rings. The van der Waals surface area contributed by atoms with Crippen LogP contribution in [0.1, 0.15) is 41.0 Å². The van der Waals surface area contributed by atoms with Crippen molar-refractivity contribution < 1.29 is 14.3 Å². The second-order valence-electron chi connectivity index (χ2n) is 4.61. The molecule has 4 heteroatoms. The predicted molar refractivity (Wildman–Crippen MR) is 63.1 cm³/mol. The fourth-order valence-corrected chi connectivity index (χ4v) is 1.88. The van der Waals surface area contributed by atoms with Crippen molar-refractivity contribution in [3.8, 4) is 0 Å². The van der Waals surface area contributed by atoms with E-state index in [-0.39, 0.29) is 17.0 Å². The standard InChI is InChI=1S/C11H20O3S/c1-8(12)6-9(2)15-7-10(13)14-11(3,4)5/h9H,6-7H2,1-5H3. The maximum atomic E-state index is 11.3. The molecule has 0 aromatic carbocycles. The molecule has 0 aliphatic rings. The molecular weight excluding hydrogens is 212 g/mol. The molecule has 0 amide bonds. The first kappa shape index (κ1) is 14.5. The minimum Gasteiger partial charge on any atom is -0.459 e. The summed E-state index contributed by atoms with van der Waals surface area (Å²) < 4.78 is 5.15. The van der Waals surface area contributed by atoms with Crippen molar-refractivity contribution in [2.24, 2.45) is 0 Å². The van der Waals surface area contributed by atoms with Crippen molar-refractivity contribution in [2.45, 2.75) is 51.9 Å². The summed E-state index contributed by atoms with van der Waals surface area (Å²) in [4.78, 5) is 22.1. The molecule has 0 N–H and O–H groups in total. The summed E-state index contributed by atoms with van der Waals surface area (Å²) in [5.74, 6) is 0.244. The van der Waals surface area contributed by atoms with E-state index in [1.54, 1.807) is 6.92 Å². The number of esters is 1. The summed E-state index contributed by atoms with van der Waals surface area (Å²) in [5.41, 5.74) is -0.429. The lowest BCUT2D eigenvalue weighted by atomic mass is 10.2. The Bertz CT molecular complexity index is 230. The van der Waals surface area contributed by atoms with Gasteiger partial charge in [0.05, 0.1) is 5.75 Å². The van der Waals surface area contributed by atoms with Crippen LogP contribution in [-0.4, -0.2) is 28.4 Å². The summed E-state index contributed by atoms with van der Waals surface area (Å²) in [5, 5.41) is 0.176. The number of ether oxygens (including phenoxy) is 1. The van der Waals surface area contributed by atoms with Gasteiger partial charge in [0.2, 0.25) is 0 Å². The van der Waals surface area contributed by atoms with Crippen LogP contribution in [0.3, 0.4) is 0 Å². The highest BCUT2D eigenvalue weighted by Crippen LogP contribution is 2.16. The summed E-state index contributed by atoms with van der Waals surface area (Å²) in [6.07, 6.45) is 0.507. The molecule has 15 heavy (non-hydrogen) atoms. The van der Waals surface area contributed by atoms with Gasteiger partial charge in [-0.1, -0.05) is 6.92 Å². The van der Waals surface area contributed by atoms with E-state index in [1.165, 1.54) is 11.8 Å². The number of hydrogen-bond acceptors (Lipinski definition) is 4. The summed E-state index contributed by atoms with van der Waals surface area (Å²) in [6, 6.07) is 0. The zero-order valence-corrected chi connectivity index (χ0v) is 10.9. The summed E-state index contributed by atoms with van der Waals surface area (Å²) >= 11 is 1.46. The molecule has 0 aromatic heterocycles. The molecule has 0 aliphatic carbocycles. The van der Waals surface area contributed by atoms with E-state index in [0.717, 1.165) is 0 Å². The van der Waals surface area contributed by atoms with Gasteiger partial charge in [0.1, 0.15) is 11.4 Å². The summed E-state index contributed by atoms with van der Waals surface area (Å²) in [7, 11) is 0. The van der Waals surface area contributed by atoms with Crippen LogP contribution >= 0.6 is 11.8 Å². The van der Waals surface area contributed by atoms with Crippen molar-refractivity contribution in [3.63, 3.8) is 0 Å². The molecule has 1 unspecified atom stereocenters. The van der Waals surface area contributed by atoms with E-state index in [1.807, 2.05) is 27.7 Å². The molecule has 88 valence electrons. The van der Waals surface area contributed by atoms with Gasteiger partial charge in [0.15, 0.2) is 0 Å². The quantitative estimate of drug-likeness (QED) is 0.683. The maximum absolute atomic E-state index is 11.3. The number of carbonyl (C=O) groups is 2. The zero-order valence-electron chi connectivity index (χ0n) is 10.1. The van der Waals surface area contributed by atoms with Crippen LogP contribution < -0.4 is 0 Å². The third-order valence-corrected chi connectivity index (χ3v) is 2.62. The number of hydrogen-bond donors (Lipinski definition) is 0. The first-order valence-electron chi connectivity index (χ1n) is 5.03. The fourth-order valence-electron chi connectivity index (χ4n) is 1.05. The number of ketones is 1. The highest BCUT2D eigenvalue weighted by molar-refractivity contribution is 8.00. The lowest BCUT2D eigenvalue weighted by Crippen LogP contribution is -2.25. The Labute approximate surface area is 95.9 Å². The van der Waals surface area contributed by atoms with Crippen molar-refractivity contribution in [1.29, 1.82) is 0 Å². The molecular formula is C11H20O3S. The van der Waals surface area contributed by atoms with Gasteiger partial charge in [-0.3, -0.25) is 9.59 Å². The Balaban J connectivity index is 3.76. The van der Waals surface area contributed by atoms with Crippen LogP contribution in [0.5, 0.6) is 0 Å². The molecule has 1 atom stereocenters. The fraction of sp³-hybridized carbons (Fsp3) is 0.818. The minimum absolute atomic E-state index is 0.152. The summed E-state index contributed by atoms with van der Waals surface area (Å²) in [6.45, 7) is 9.03. The highest BCUT2D eigenvalue weighted by atomic mass is 32.2. The molecule has 0 fully saturated rings. The average molecular weight is 232 g/mol. The molecule has 0 aliphatic heterocycles. The normalized spacial score (nSPS) is 13.4. The van der Waals surface area contributed by atoms with Crippen LogP contribution in [0.15, 0.2) is 0 Å². The zero-order chi connectivity index (χ0) is 12.1. The van der Waals surface area contributed by atoms with Gasteiger partial charge in [0, 0.05) is 11.7 Å². The Hall–Kier alpha value is -0.510. The van der Waals surface area contributed by atoms with Gasteiger partial charge in [0.25, 0.3) is 0 Å². The Morgan fingerprint density at radius 1 is 1.33 bits per heavy atom. The first-order chi connectivity index (χ1) is 6.70. The molecule has 0 spiro atoms. The average Bonchev–Trinajstić information content (AvgIpc) is 1.96. The van der Waals surface area contributed by atoms with Crippen molar-refractivity contribution >= 4 is 23.5 Å². The van der Waals surface area contributed by atoms with E-state index in [4.69, 9.17) is 4.74 Å². The van der Waals surface area contributed by atoms with E-state index >= 15 is 0 Å². The van der Waals surface area contributed by atoms with E-state index < -0.39 is 5.60 Å². The molecule has 0 rings (SSSR count). The number of thioether (sulfide) groups is 1. The van der Waals surface area contributed by atoms with Crippen LogP contribution in [0.4, 0.5) is 0 Å². The number of carbonyl (C=O) groups excluding carboxylic acids is 2. The molecule has 0 saturated heterocycles. The van der Waals surface area contributed by atoms with E-state index in [0.29, 0.717) is 12.2 Å². The van der Waals surface area contributed by atoms with Crippen LogP contribution in [0.25, 0.3) is 0 Å². The Morgan fingerprint density at radius 3 is 2.27 bits per heavy atom. The second kappa shape index (κ2) is 6.16. The molecule has 0 radical (unpaired) electrons. The van der Waals surface area contributed by atoms with Gasteiger partial charge in [-0.15, -0.1) is 11.8 Å². The largest absolute Gasteiger partial charge is 0.459 e. The van der Waals surface area contributed by atoms with Crippen LogP contribution in [0, 0.1) is 0 Å². The van der Waals surface area contributed by atoms with Crippen molar-refractivity contribution in [1.82, 2.24) is 0 Å². The van der Waals surface area contributed by atoms with Gasteiger partial charge in [-0.25, -0.2) is 0 Å². The lowest BCUT2D eigenvalue weighted by molar-refractivity contribution is -0.151. The molecule has 0 bridgehead atoms. The maximum Gasteiger partial charge on any atom is 0.316 e. The van der Waals surface area contributed by atoms with Gasteiger partial charge in [-0.05, 0) is 27.7 Å². The lowest BCUT2D eigenvalue weighted by Gasteiger charge is -2.19. The van der Waals surface area contributed by atoms with Gasteiger partial charge in [-0.2, -0.15) is 0 Å². The molecule has 3 nitrogen and oxygen atoms in total. The van der Waals surface area contributed by atoms with Crippen molar-refractivity contribution in [2.75, 3.05) is 5.75 Å². The Kier molecular flexibility index (Phi) is 5.95. The third kappa shape index (κ3) is 9.79. The van der Waals surface area contributed by atoms with Crippen LogP contribution in [-0.2, 0) is 14.3 Å². The third-order valence-electron chi connectivity index (χ3n) is 1.48. The van der Waals surface area contributed by atoms with Gasteiger partial charge >= 0.3 is 5.97 Å². The monoisotopic (exact) mass is 232 g/mol. The van der Waals surface area contributed by atoms with Crippen LogP contribution in [0.2, 0.25) is 0 Å². The SMILES string of the molecule is CC(=O)CC(C)SCC(=O)OC(C)(C)C. The molecule has 0 saturated carbocycles. The minimum atomic E-state index is -0.429. The first-order valence-corrected chi connectivity index (χ1v) is 6.08. The highest BCUT2D eigenvalue weighted by Gasteiger charge is 2.17. The van der Waals surface area contributed by atoms with E-state index in [2.05, 4.69) is 0 Å².